The Balaban J connectivity index is 1.28. The molecule has 32 heavy (non-hydrogen) atoms. The molecule has 0 aliphatic carbocycles. The van der Waals surface area contributed by atoms with E-state index in [4.69, 9.17) is 16.3 Å². The summed E-state index contributed by atoms with van der Waals surface area (Å²) in [4.78, 5) is 13.0. The second kappa shape index (κ2) is 10.8. The fourth-order valence-electron chi connectivity index (χ4n) is 3.83. The molecule has 0 N–H and O–H groups in total. The minimum absolute atomic E-state index is 0.297. The van der Waals surface area contributed by atoms with Crippen LogP contribution in [0.2, 0.25) is 5.15 Å². The molecule has 168 valence electrons. The Bertz CT molecular complexity index is 950. The van der Waals surface area contributed by atoms with Crippen LogP contribution in [0.5, 0.6) is 0 Å². The highest BCUT2D eigenvalue weighted by Gasteiger charge is 2.19. The molecular formula is C24H25ClF2N4O. The molecule has 1 saturated heterocycles. The van der Waals surface area contributed by atoms with E-state index in [1.54, 1.807) is 30.5 Å². The van der Waals surface area contributed by atoms with Crippen LogP contribution in [-0.2, 0) is 4.74 Å². The minimum atomic E-state index is -0.366. The third-order valence-electron chi connectivity index (χ3n) is 5.54. The summed E-state index contributed by atoms with van der Waals surface area (Å²) in [5.74, 6) is 0.214. The standard InChI is InChI=1S/C24H25ClF2N4O/c25-22-16-28-17-23(29-22)31-13-11-30(12-14-31)10-1-15-32-24(18-2-6-20(26)7-3-18)19-4-8-21(27)9-5-19/h2-9,16-17,24H,1,10-15H2. The van der Waals surface area contributed by atoms with Crippen LogP contribution in [0.4, 0.5) is 14.6 Å². The van der Waals surface area contributed by atoms with Crippen molar-refractivity contribution in [2.45, 2.75) is 12.5 Å². The highest BCUT2D eigenvalue weighted by molar-refractivity contribution is 6.29. The molecule has 0 atom stereocenters. The third-order valence-corrected chi connectivity index (χ3v) is 5.72. The lowest BCUT2D eigenvalue weighted by atomic mass is 10.0. The van der Waals surface area contributed by atoms with Gasteiger partial charge < -0.3 is 9.64 Å². The van der Waals surface area contributed by atoms with Crippen LogP contribution in [-0.4, -0.2) is 54.2 Å². The van der Waals surface area contributed by atoms with Gasteiger partial charge in [-0.25, -0.2) is 13.8 Å². The quantitative estimate of drug-likeness (QED) is 0.457. The fourth-order valence-corrected chi connectivity index (χ4v) is 3.98. The lowest BCUT2D eigenvalue weighted by molar-refractivity contribution is 0.0710. The Kier molecular flexibility index (Phi) is 7.63. The van der Waals surface area contributed by atoms with E-state index in [9.17, 15) is 8.78 Å². The van der Waals surface area contributed by atoms with Crippen molar-refractivity contribution >= 4 is 17.4 Å². The summed E-state index contributed by atoms with van der Waals surface area (Å²) in [5.41, 5.74) is 1.68. The van der Waals surface area contributed by atoms with Gasteiger partial charge in [-0.05, 0) is 41.8 Å². The monoisotopic (exact) mass is 458 g/mol. The number of nitrogens with zero attached hydrogens (tertiary/aromatic N) is 4. The molecule has 1 aromatic heterocycles. The molecule has 0 radical (unpaired) electrons. The molecule has 0 spiro atoms. The van der Waals surface area contributed by atoms with E-state index in [1.165, 1.54) is 30.5 Å². The maximum absolute atomic E-state index is 13.4. The second-order valence-electron chi connectivity index (χ2n) is 7.74. The lowest BCUT2D eigenvalue weighted by Gasteiger charge is -2.35. The summed E-state index contributed by atoms with van der Waals surface area (Å²) in [7, 11) is 0. The molecular weight excluding hydrogens is 434 g/mol. The van der Waals surface area contributed by atoms with Crippen LogP contribution in [0, 0.1) is 11.6 Å². The van der Waals surface area contributed by atoms with Crippen molar-refractivity contribution in [2.75, 3.05) is 44.2 Å². The van der Waals surface area contributed by atoms with Gasteiger partial charge in [0.1, 0.15) is 28.7 Å². The first-order valence-corrected chi connectivity index (χ1v) is 11.0. The van der Waals surface area contributed by atoms with Crippen molar-refractivity contribution in [3.05, 3.63) is 88.8 Å². The molecule has 2 heterocycles. The Morgan fingerprint density at radius 3 is 2.03 bits per heavy atom. The average Bonchev–Trinajstić information content (AvgIpc) is 2.81. The summed E-state index contributed by atoms with van der Waals surface area (Å²) in [6, 6.07) is 12.5. The number of rotatable bonds is 8. The fraction of sp³-hybridized carbons (Fsp3) is 0.333. The van der Waals surface area contributed by atoms with Crippen LogP contribution in [0.1, 0.15) is 23.7 Å². The zero-order valence-corrected chi connectivity index (χ0v) is 18.4. The first-order valence-electron chi connectivity index (χ1n) is 10.7. The Morgan fingerprint density at radius 1 is 0.875 bits per heavy atom. The molecule has 0 amide bonds. The Hall–Kier alpha value is -2.61. The van der Waals surface area contributed by atoms with Crippen molar-refractivity contribution < 1.29 is 13.5 Å². The predicted molar refractivity (Wildman–Crippen MR) is 121 cm³/mol. The number of piperazine rings is 1. The van der Waals surface area contributed by atoms with Crippen molar-refractivity contribution in [1.29, 1.82) is 0 Å². The number of hydrogen-bond acceptors (Lipinski definition) is 5. The molecule has 0 bridgehead atoms. The molecule has 8 heteroatoms. The zero-order valence-electron chi connectivity index (χ0n) is 17.6. The van der Waals surface area contributed by atoms with Crippen LogP contribution >= 0.6 is 11.6 Å². The van der Waals surface area contributed by atoms with E-state index in [0.29, 0.717) is 11.8 Å². The second-order valence-corrected chi connectivity index (χ2v) is 8.12. The van der Waals surface area contributed by atoms with Crippen LogP contribution < -0.4 is 4.90 Å². The average molecular weight is 459 g/mol. The van der Waals surface area contributed by atoms with E-state index in [1.807, 2.05) is 0 Å². The summed E-state index contributed by atoms with van der Waals surface area (Å²) in [5, 5.41) is 0.402. The summed E-state index contributed by atoms with van der Waals surface area (Å²) in [6.45, 7) is 5.03. The van der Waals surface area contributed by atoms with Gasteiger partial charge in [0, 0.05) is 39.3 Å². The molecule has 3 aromatic rings. The summed E-state index contributed by atoms with van der Waals surface area (Å²) in [6.07, 6.45) is 3.76. The van der Waals surface area contributed by atoms with Gasteiger partial charge in [0.25, 0.3) is 0 Å². The van der Waals surface area contributed by atoms with Crippen molar-refractivity contribution in [1.82, 2.24) is 14.9 Å². The molecule has 1 fully saturated rings. The number of hydrogen-bond donors (Lipinski definition) is 0. The smallest absolute Gasteiger partial charge is 0.149 e. The van der Waals surface area contributed by atoms with E-state index in [2.05, 4.69) is 19.8 Å². The maximum Gasteiger partial charge on any atom is 0.149 e. The van der Waals surface area contributed by atoms with Gasteiger partial charge in [-0.15, -0.1) is 0 Å². The van der Waals surface area contributed by atoms with Crippen molar-refractivity contribution in [3.8, 4) is 0 Å². The molecule has 0 saturated carbocycles. The summed E-state index contributed by atoms with van der Waals surface area (Å²) >= 11 is 5.94. The van der Waals surface area contributed by atoms with Gasteiger partial charge in [0.05, 0.1) is 12.4 Å². The van der Waals surface area contributed by atoms with E-state index >= 15 is 0 Å². The Labute approximate surface area is 191 Å². The first-order chi connectivity index (χ1) is 15.6. The SMILES string of the molecule is Fc1ccc(C(OCCCN2CCN(c3cncc(Cl)n3)CC2)c2ccc(F)cc2)cc1. The molecule has 1 aliphatic rings. The van der Waals surface area contributed by atoms with Gasteiger partial charge >= 0.3 is 0 Å². The highest BCUT2D eigenvalue weighted by Crippen LogP contribution is 2.27. The third kappa shape index (κ3) is 6.00. The van der Waals surface area contributed by atoms with Gasteiger partial charge in [-0.3, -0.25) is 9.88 Å². The van der Waals surface area contributed by atoms with Crippen LogP contribution in [0.25, 0.3) is 0 Å². The highest BCUT2D eigenvalue weighted by atomic mass is 35.5. The van der Waals surface area contributed by atoms with Crippen molar-refractivity contribution in [3.63, 3.8) is 0 Å². The molecule has 0 unspecified atom stereocenters. The number of ether oxygens (including phenoxy) is 1. The Morgan fingerprint density at radius 2 is 1.47 bits per heavy atom. The predicted octanol–water partition coefficient (Wildman–Crippen LogP) is 4.73. The van der Waals surface area contributed by atoms with Crippen LogP contribution in [0.3, 0.4) is 0 Å². The minimum Gasteiger partial charge on any atom is -0.369 e. The van der Waals surface area contributed by atoms with Crippen molar-refractivity contribution in [2.24, 2.45) is 0 Å². The van der Waals surface area contributed by atoms with Crippen LogP contribution in [0.15, 0.2) is 60.9 Å². The number of benzene rings is 2. The lowest BCUT2D eigenvalue weighted by Crippen LogP contribution is -2.47. The zero-order chi connectivity index (χ0) is 22.3. The topological polar surface area (TPSA) is 41.5 Å². The largest absolute Gasteiger partial charge is 0.369 e. The van der Waals surface area contributed by atoms with Gasteiger partial charge in [0.15, 0.2) is 0 Å². The van der Waals surface area contributed by atoms with Gasteiger partial charge in [-0.1, -0.05) is 35.9 Å². The number of anilines is 1. The van der Waals surface area contributed by atoms with Gasteiger partial charge in [-0.2, -0.15) is 0 Å². The molecule has 5 nitrogen and oxygen atoms in total. The number of halogens is 3. The molecule has 1 aliphatic heterocycles. The van der Waals surface area contributed by atoms with E-state index in [-0.39, 0.29) is 17.7 Å². The summed E-state index contributed by atoms with van der Waals surface area (Å²) < 4.78 is 32.9. The maximum atomic E-state index is 13.4. The van der Waals surface area contributed by atoms with Gasteiger partial charge in [0.2, 0.25) is 0 Å². The molecule has 2 aromatic carbocycles. The normalized spacial score (nSPS) is 14.8. The number of aromatic nitrogens is 2. The van der Waals surface area contributed by atoms with E-state index < -0.39 is 0 Å². The van der Waals surface area contributed by atoms with E-state index in [0.717, 1.165) is 56.1 Å². The first kappa shape index (κ1) is 22.6. The molecule has 4 rings (SSSR count).